The molecule has 0 bridgehead atoms. The number of nitrogens with zero attached hydrogens (tertiary/aromatic N) is 1. The molecule has 47 heavy (non-hydrogen) atoms. The number of benzene rings is 1. The zero-order valence-electron chi connectivity index (χ0n) is 27.4. The summed E-state index contributed by atoms with van der Waals surface area (Å²) in [6, 6.07) is 5.75. The molecule has 8 aliphatic rings. The third-order valence-corrected chi connectivity index (χ3v) is 14.3. The van der Waals surface area contributed by atoms with Gasteiger partial charge in [0.05, 0.1) is 18.2 Å². The second kappa shape index (κ2) is 11.8. The topological polar surface area (TPSA) is 12.5 Å². The number of aryl methyl sites for hydroxylation is 1. The van der Waals surface area contributed by atoms with Gasteiger partial charge >= 0.3 is 0 Å². The summed E-state index contributed by atoms with van der Waals surface area (Å²) in [6.45, 7) is 0. The summed E-state index contributed by atoms with van der Waals surface area (Å²) in [7, 11) is 0. The first kappa shape index (κ1) is 28.8. The first-order valence-corrected chi connectivity index (χ1v) is 19.5. The van der Waals surface area contributed by atoms with Crippen molar-refractivity contribution in [1.29, 1.82) is 0 Å². The Labute approximate surface area is 284 Å². The summed E-state index contributed by atoms with van der Waals surface area (Å²) in [4.78, 5) is 4.61. The minimum absolute atomic E-state index is 0.268. The lowest BCUT2D eigenvalue weighted by atomic mass is 9.67. The van der Waals surface area contributed by atoms with Crippen molar-refractivity contribution in [3.63, 3.8) is 0 Å². The van der Waals surface area contributed by atoms with E-state index in [1.807, 2.05) is 0 Å². The molecule has 2 heterocycles. The monoisotopic (exact) mass is 637 g/mol. The van der Waals surface area contributed by atoms with Crippen molar-refractivity contribution in [2.24, 2.45) is 29.6 Å². The van der Waals surface area contributed by atoms with Crippen LogP contribution in [0.3, 0.4) is 0 Å². The molecule has 1 saturated carbocycles. The fourth-order valence-corrected chi connectivity index (χ4v) is 12.2. The van der Waals surface area contributed by atoms with E-state index in [4.69, 9.17) is 4.74 Å². The standard InChI is InChI=1S/C44H47NOS/c1-2-11-28(12-3-1)32-13-4-7-17-37(32)45(38-18-10-16-34-33-14-5-8-19-39(33)46-44(34)38)31-25-23-29-21-22-30-24-26-41-43(42(30)36(29)27-31)35-15-6-9-20-40(35)47-41/h1-4,6-8,10-11,15-17,19,21-22,24,26,28-29,31-34,36,38-39,44H,5,9,12-14,18,20,23,25,27H2. The molecule has 1 aromatic heterocycles. The van der Waals surface area contributed by atoms with Crippen molar-refractivity contribution in [3.05, 3.63) is 118 Å². The summed E-state index contributed by atoms with van der Waals surface area (Å²) in [6.07, 6.45) is 49.0. The average Bonchev–Trinajstić information content (AvgIpc) is 3.71. The highest BCUT2D eigenvalue weighted by Gasteiger charge is 2.51. The predicted octanol–water partition coefficient (Wildman–Crippen LogP) is 10.7. The number of rotatable bonds is 4. The van der Waals surface area contributed by atoms with Gasteiger partial charge in [-0.25, -0.2) is 0 Å². The van der Waals surface area contributed by atoms with Gasteiger partial charge < -0.3 is 9.64 Å². The third kappa shape index (κ3) is 4.74. The molecule has 2 fully saturated rings. The first-order valence-electron chi connectivity index (χ1n) is 18.7. The molecule has 3 heteroatoms. The van der Waals surface area contributed by atoms with Crippen molar-refractivity contribution in [3.8, 4) is 0 Å². The summed E-state index contributed by atoms with van der Waals surface area (Å²) >= 11 is 2.06. The zero-order valence-corrected chi connectivity index (χ0v) is 28.2. The van der Waals surface area contributed by atoms with Crippen molar-refractivity contribution in [2.75, 3.05) is 0 Å². The van der Waals surface area contributed by atoms with E-state index < -0.39 is 0 Å². The zero-order chi connectivity index (χ0) is 30.9. The molecular weight excluding hydrogens is 591 g/mol. The highest BCUT2D eigenvalue weighted by Crippen LogP contribution is 2.53. The van der Waals surface area contributed by atoms with Gasteiger partial charge in [0.15, 0.2) is 0 Å². The minimum Gasteiger partial charge on any atom is -0.368 e. The van der Waals surface area contributed by atoms with Crippen LogP contribution >= 0.6 is 11.3 Å². The van der Waals surface area contributed by atoms with Crippen LogP contribution in [0.25, 0.3) is 22.2 Å². The quantitative estimate of drug-likeness (QED) is 0.309. The van der Waals surface area contributed by atoms with E-state index in [9.17, 15) is 0 Å². The number of fused-ring (bicyclic) bond motifs is 10. The summed E-state index contributed by atoms with van der Waals surface area (Å²) < 4.78 is 8.63. The van der Waals surface area contributed by atoms with Crippen LogP contribution in [-0.2, 0) is 11.2 Å². The molecule has 0 N–H and O–H groups in total. The summed E-state index contributed by atoms with van der Waals surface area (Å²) in [5.74, 6) is 3.43. The van der Waals surface area contributed by atoms with Gasteiger partial charge in [-0.3, -0.25) is 0 Å². The van der Waals surface area contributed by atoms with Gasteiger partial charge in [-0.15, -0.1) is 11.3 Å². The van der Waals surface area contributed by atoms with E-state index >= 15 is 0 Å². The second-order valence-corrected chi connectivity index (χ2v) is 16.6. The molecule has 240 valence electrons. The van der Waals surface area contributed by atoms with Crippen LogP contribution in [-0.4, -0.2) is 29.2 Å². The van der Waals surface area contributed by atoms with E-state index in [0.717, 1.165) is 19.3 Å². The summed E-state index contributed by atoms with van der Waals surface area (Å²) in [5.41, 5.74) is 6.26. The fourth-order valence-electron chi connectivity index (χ4n) is 11.0. The van der Waals surface area contributed by atoms with E-state index in [2.05, 4.69) is 120 Å². The Bertz CT molecular complexity index is 1810. The van der Waals surface area contributed by atoms with Gasteiger partial charge in [-0.2, -0.15) is 0 Å². The Hall–Kier alpha value is -3.14. The molecule has 0 amide bonds. The van der Waals surface area contributed by atoms with Crippen LogP contribution in [0.2, 0.25) is 0 Å². The van der Waals surface area contributed by atoms with Crippen molar-refractivity contribution in [1.82, 2.24) is 4.90 Å². The number of ether oxygens (including phenoxy) is 1. The van der Waals surface area contributed by atoms with Gasteiger partial charge in [-0.1, -0.05) is 91.1 Å². The number of allylic oxidation sites excluding steroid dienone is 11. The minimum atomic E-state index is 0.268. The van der Waals surface area contributed by atoms with Crippen LogP contribution in [0, 0.1) is 29.6 Å². The Morgan fingerprint density at radius 2 is 1.74 bits per heavy atom. The van der Waals surface area contributed by atoms with E-state index in [1.54, 1.807) is 21.5 Å². The van der Waals surface area contributed by atoms with E-state index in [-0.39, 0.29) is 12.2 Å². The van der Waals surface area contributed by atoms with Crippen molar-refractivity contribution >= 4 is 33.6 Å². The normalized spacial score (nSPS) is 37.7. The van der Waals surface area contributed by atoms with Crippen LogP contribution in [0.5, 0.6) is 0 Å². The van der Waals surface area contributed by atoms with E-state index in [1.165, 1.54) is 60.8 Å². The molecule has 1 aromatic carbocycles. The van der Waals surface area contributed by atoms with Crippen LogP contribution in [0.1, 0.15) is 85.3 Å². The molecule has 0 spiro atoms. The Balaban J connectivity index is 1.07. The van der Waals surface area contributed by atoms with Crippen molar-refractivity contribution < 1.29 is 4.74 Å². The van der Waals surface area contributed by atoms with Gasteiger partial charge in [0.2, 0.25) is 0 Å². The highest BCUT2D eigenvalue weighted by atomic mass is 32.1. The molecule has 1 saturated heterocycles. The lowest BCUT2D eigenvalue weighted by Crippen LogP contribution is -2.54. The van der Waals surface area contributed by atoms with E-state index in [0.29, 0.717) is 47.6 Å². The Kier molecular flexibility index (Phi) is 7.22. The van der Waals surface area contributed by atoms with Crippen LogP contribution < -0.4 is 0 Å². The maximum Gasteiger partial charge on any atom is 0.0855 e. The molecule has 7 aliphatic carbocycles. The smallest absolute Gasteiger partial charge is 0.0855 e. The van der Waals surface area contributed by atoms with Gasteiger partial charge in [0.1, 0.15) is 0 Å². The maximum atomic E-state index is 7.13. The van der Waals surface area contributed by atoms with Crippen LogP contribution in [0.4, 0.5) is 0 Å². The molecule has 10 unspecified atom stereocenters. The molecule has 10 atom stereocenters. The average molecular weight is 638 g/mol. The first-order chi connectivity index (χ1) is 23.3. The number of hydrogen-bond acceptors (Lipinski definition) is 3. The number of thiophene rings is 1. The Morgan fingerprint density at radius 1 is 0.766 bits per heavy atom. The molecule has 2 aromatic rings. The fraction of sp³-hybridized carbons (Fsp3) is 0.455. The Morgan fingerprint density at radius 3 is 2.70 bits per heavy atom. The maximum absolute atomic E-state index is 7.13. The lowest BCUT2D eigenvalue weighted by Gasteiger charge is -2.52. The number of hydrogen-bond donors (Lipinski definition) is 0. The predicted molar refractivity (Wildman–Crippen MR) is 197 cm³/mol. The molecule has 1 aliphatic heterocycles. The lowest BCUT2D eigenvalue weighted by molar-refractivity contribution is -0.0247. The second-order valence-electron chi connectivity index (χ2n) is 15.4. The molecule has 2 nitrogen and oxygen atoms in total. The van der Waals surface area contributed by atoms with Gasteiger partial charge in [0, 0.05) is 38.5 Å². The largest absolute Gasteiger partial charge is 0.368 e. The highest BCUT2D eigenvalue weighted by molar-refractivity contribution is 7.19. The van der Waals surface area contributed by atoms with Gasteiger partial charge in [-0.05, 0) is 117 Å². The molecular formula is C44H47NOS. The van der Waals surface area contributed by atoms with Gasteiger partial charge in [0.25, 0.3) is 0 Å². The SMILES string of the molecule is C1=CCC(C2CC=CC=C2N(C2CCC3C=Cc4ccc5sc6c(c5c4C3C2)C=CCC6)C2CC=CC3C4CCC=CC4OC32)C=C1. The van der Waals surface area contributed by atoms with Crippen LogP contribution in [0.15, 0.2) is 96.8 Å². The van der Waals surface area contributed by atoms with Crippen molar-refractivity contribution in [2.45, 2.75) is 94.4 Å². The summed E-state index contributed by atoms with van der Waals surface area (Å²) in [5, 5.41) is 1.58. The third-order valence-electron chi connectivity index (χ3n) is 13.1. The molecule has 0 radical (unpaired) electrons. The molecule has 10 rings (SSSR count).